The number of hydrazone groups is 1. The molecule has 3 aromatic rings. The van der Waals surface area contributed by atoms with Gasteiger partial charge in [-0.25, -0.2) is 5.01 Å². The Morgan fingerprint density at radius 1 is 0.929 bits per heavy atom. The highest BCUT2D eigenvalue weighted by Crippen LogP contribution is 2.45. The fourth-order valence-corrected chi connectivity index (χ4v) is 5.52. The van der Waals surface area contributed by atoms with Gasteiger partial charge in [-0.15, -0.1) is 0 Å². The van der Waals surface area contributed by atoms with E-state index in [1.165, 1.54) is 5.01 Å². The van der Waals surface area contributed by atoms with Gasteiger partial charge in [0.15, 0.2) is 0 Å². The van der Waals surface area contributed by atoms with E-state index in [1.807, 2.05) is 62.4 Å². The van der Waals surface area contributed by atoms with E-state index in [1.54, 1.807) is 0 Å². The Morgan fingerprint density at radius 3 is 2.05 bits per heavy atom. The Bertz CT molecular complexity index is 1530. The first-order chi connectivity index (χ1) is 20.3. The first-order valence-electron chi connectivity index (χ1n) is 13.8. The molecule has 1 saturated carbocycles. The van der Waals surface area contributed by atoms with Crippen LogP contribution in [-0.2, 0) is 0 Å². The van der Waals surface area contributed by atoms with Crippen LogP contribution in [0.5, 0.6) is 11.5 Å². The molecule has 11 heteroatoms. The average molecular weight is 571 g/mol. The molecule has 5 rings (SSSR count). The summed E-state index contributed by atoms with van der Waals surface area (Å²) in [6.07, 6.45) is 4.48. The molecular weight excluding hydrogens is 540 g/mol. The Morgan fingerprint density at radius 2 is 1.50 bits per heavy atom. The maximum absolute atomic E-state index is 14.0. The summed E-state index contributed by atoms with van der Waals surface area (Å²) < 4.78 is 11.2. The van der Waals surface area contributed by atoms with E-state index in [9.17, 15) is 25.0 Å². The largest absolute Gasteiger partial charge is 0.494 e. The monoisotopic (exact) mass is 570 g/mol. The van der Waals surface area contributed by atoms with Gasteiger partial charge in [0.2, 0.25) is 0 Å². The van der Waals surface area contributed by atoms with Crippen molar-refractivity contribution in [3.05, 3.63) is 109 Å². The molecule has 2 unspecified atom stereocenters. The van der Waals surface area contributed by atoms with E-state index >= 15 is 0 Å². The van der Waals surface area contributed by atoms with Crippen LogP contribution in [0.2, 0.25) is 0 Å². The molecule has 3 aromatic carbocycles. The van der Waals surface area contributed by atoms with Crippen LogP contribution < -0.4 is 9.47 Å². The molecule has 11 nitrogen and oxygen atoms in total. The molecule has 2 atom stereocenters. The lowest BCUT2D eigenvalue weighted by atomic mass is 9.77. The lowest BCUT2D eigenvalue weighted by molar-refractivity contribution is -0.394. The molecule has 0 aromatic heterocycles. The van der Waals surface area contributed by atoms with E-state index in [0.29, 0.717) is 19.0 Å². The summed E-state index contributed by atoms with van der Waals surface area (Å²) in [5.41, 5.74) is 2.29. The summed E-state index contributed by atoms with van der Waals surface area (Å²) in [7, 11) is 0. The molecule has 2 aliphatic rings. The van der Waals surface area contributed by atoms with Gasteiger partial charge < -0.3 is 9.47 Å². The number of rotatable bonds is 9. The van der Waals surface area contributed by atoms with Gasteiger partial charge >= 0.3 is 0 Å². The predicted octanol–water partition coefficient (Wildman–Crippen LogP) is 6.74. The number of benzene rings is 3. The molecule has 1 aliphatic heterocycles. The number of nitro benzene ring substituents is 2. The average Bonchev–Trinajstić information content (AvgIpc) is 3.39. The molecule has 216 valence electrons. The molecule has 0 spiro atoms. The van der Waals surface area contributed by atoms with Gasteiger partial charge in [0.25, 0.3) is 17.3 Å². The van der Waals surface area contributed by atoms with Gasteiger partial charge in [-0.1, -0.05) is 24.3 Å². The van der Waals surface area contributed by atoms with Crippen molar-refractivity contribution >= 4 is 29.1 Å². The summed E-state index contributed by atoms with van der Waals surface area (Å²) in [4.78, 5) is 35.5. The molecule has 1 amide bonds. The minimum Gasteiger partial charge on any atom is -0.494 e. The zero-order chi connectivity index (χ0) is 29.8. The topological polar surface area (TPSA) is 137 Å². The number of hydrogen-bond donors (Lipinski definition) is 0. The van der Waals surface area contributed by atoms with Crippen molar-refractivity contribution in [3.63, 3.8) is 0 Å². The summed E-state index contributed by atoms with van der Waals surface area (Å²) >= 11 is 0. The number of carbonyl (C=O) groups excluding carboxylic acids is 1. The first-order valence-corrected chi connectivity index (χ1v) is 13.8. The van der Waals surface area contributed by atoms with Crippen LogP contribution in [0, 0.1) is 26.1 Å². The van der Waals surface area contributed by atoms with Crippen LogP contribution in [0.4, 0.5) is 11.4 Å². The lowest BCUT2D eigenvalue weighted by Gasteiger charge is -2.29. The quantitative estimate of drug-likeness (QED) is 0.205. The van der Waals surface area contributed by atoms with E-state index < -0.39 is 33.2 Å². The van der Waals surface area contributed by atoms with E-state index in [4.69, 9.17) is 14.6 Å². The predicted molar refractivity (Wildman–Crippen MR) is 157 cm³/mol. The Hall–Kier alpha value is -5.06. The number of ether oxygens (including phenoxy) is 2. The summed E-state index contributed by atoms with van der Waals surface area (Å²) in [5, 5.41) is 29.2. The minimum absolute atomic E-state index is 0.136. The molecule has 42 heavy (non-hydrogen) atoms. The molecule has 0 N–H and O–H groups in total. The fraction of sp³-hybridized carbons (Fsp3) is 0.290. The van der Waals surface area contributed by atoms with Crippen LogP contribution in [0.25, 0.3) is 6.08 Å². The highest BCUT2D eigenvalue weighted by atomic mass is 16.6. The van der Waals surface area contributed by atoms with Crippen molar-refractivity contribution in [1.82, 2.24) is 5.01 Å². The third-order valence-corrected chi connectivity index (χ3v) is 7.35. The normalized spacial score (nSPS) is 18.8. The van der Waals surface area contributed by atoms with Crippen LogP contribution >= 0.6 is 0 Å². The highest BCUT2D eigenvalue weighted by Gasteiger charge is 2.44. The van der Waals surface area contributed by atoms with E-state index in [-0.39, 0.29) is 11.5 Å². The molecular formula is C31H30N4O7. The van der Waals surface area contributed by atoms with Gasteiger partial charge in [-0.05, 0) is 80.2 Å². The van der Waals surface area contributed by atoms with Crippen molar-refractivity contribution < 1.29 is 24.1 Å². The Balaban J connectivity index is 1.58. The van der Waals surface area contributed by atoms with Gasteiger partial charge in [-0.2, -0.15) is 5.10 Å². The zero-order valence-electron chi connectivity index (χ0n) is 23.3. The number of allylic oxidation sites excluding steroid dienone is 1. The van der Waals surface area contributed by atoms with Crippen molar-refractivity contribution in [2.24, 2.45) is 11.0 Å². The van der Waals surface area contributed by atoms with E-state index in [2.05, 4.69) is 6.08 Å². The van der Waals surface area contributed by atoms with Crippen molar-refractivity contribution in [2.75, 3.05) is 13.2 Å². The number of non-ortho nitro benzene ring substituents is 2. The third-order valence-electron chi connectivity index (χ3n) is 7.35. The van der Waals surface area contributed by atoms with Crippen molar-refractivity contribution in [3.8, 4) is 11.5 Å². The maximum Gasteiger partial charge on any atom is 0.277 e. The van der Waals surface area contributed by atoms with Gasteiger partial charge in [-0.3, -0.25) is 25.0 Å². The first kappa shape index (κ1) is 28.5. The number of nitro groups is 2. The maximum atomic E-state index is 14.0. The third kappa shape index (κ3) is 5.85. The van der Waals surface area contributed by atoms with Crippen molar-refractivity contribution in [1.29, 1.82) is 0 Å². The Kier molecular flexibility index (Phi) is 8.28. The molecule has 0 bridgehead atoms. The second-order valence-corrected chi connectivity index (χ2v) is 10.0. The number of hydrogen-bond acceptors (Lipinski definition) is 8. The van der Waals surface area contributed by atoms with Crippen LogP contribution in [0.3, 0.4) is 0 Å². The van der Waals surface area contributed by atoms with Crippen LogP contribution in [-0.4, -0.2) is 39.7 Å². The highest BCUT2D eigenvalue weighted by molar-refractivity contribution is 6.09. The molecule has 1 heterocycles. The molecule has 1 aliphatic carbocycles. The zero-order valence-corrected chi connectivity index (χ0v) is 23.3. The SMILES string of the molecule is CCOc1ccc(/C=C2\CCCC3C2=NN(C(=O)c2cc([N+](=O)[O-])cc([N+](=O)[O-])c2)C3c2ccc(OCC)cc2)cc1. The molecule has 1 fully saturated rings. The molecule has 0 radical (unpaired) electrons. The minimum atomic E-state index is -0.749. The second-order valence-electron chi connectivity index (χ2n) is 10.0. The van der Waals surface area contributed by atoms with Crippen LogP contribution in [0.15, 0.2) is 77.4 Å². The number of fused-ring (bicyclic) bond motifs is 1. The summed E-state index contributed by atoms with van der Waals surface area (Å²) in [6.45, 7) is 4.90. The van der Waals surface area contributed by atoms with Gasteiger partial charge in [0.1, 0.15) is 11.5 Å². The lowest BCUT2D eigenvalue weighted by Crippen LogP contribution is -2.32. The van der Waals surface area contributed by atoms with Crippen LogP contribution in [0.1, 0.15) is 60.6 Å². The second kappa shape index (κ2) is 12.2. The van der Waals surface area contributed by atoms with E-state index in [0.717, 1.165) is 65.6 Å². The number of amides is 1. The summed E-state index contributed by atoms with van der Waals surface area (Å²) in [6, 6.07) is 17.6. The number of carbonyl (C=O) groups is 1. The van der Waals surface area contributed by atoms with Crippen molar-refractivity contribution in [2.45, 2.75) is 39.2 Å². The summed E-state index contributed by atoms with van der Waals surface area (Å²) in [5.74, 6) is 0.677. The smallest absolute Gasteiger partial charge is 0.277 e. The van der Waals surface area contributed by atoms with Gasteiger partial charge in [0, 0.05) is 18.1 Å². The Labute approximate surface area is 242 Å². The van der Waals surface area contributed by atoms with Gasteiger partial charge in [0.05, 0.1) is 46.4 Å². The molecule has 0 saturated heterocycles. The standard InChI is InChI=1S/C31H30N4O7/c1-3-41-26-12-8-20(9-13-26)16-22-6-5-7-28-29(22)32-33(30(28)21-10-14-27(15-11-21)42-4-2)31(36)23-17-24(34(37)38)19-25(18-23)35(39)40/h8-19,28,30H,3-7H2,1-2H3/b22-16+. The fourth-order valence-electron chi connectivity index (χ4n) is 5.52. The number of nitrogens with zero attached hydrogens (tertiary/aromatic N) is 4.